The van der Waals surface area contributed by atoms with Crippen molar-refractivity contribution in [2.24, 2.45) is 0 Å². The number of aromatic nitrogens is 2. The van der Waals surface area contributed by atoms with Crippen LogP contribution in [0.2, 0.25) is 0 Å². The van der Waals surface area contributed by atoms with Crippen molar-refractivity contribution in [3.8, 4) is 0 Å². The maximum Gasteiger partial charge on any atom is 0.263 e. The number of benzene rings is 1. The average Bonchev–Trinajstić information content (AvgIpc) is 3.18. The van der Waals surface area contributed by atoms with Gasteiger partial charge in [0.2, 0.25) is 0 Å². The van der Waals surface area contributed by atoms with E-state index >= 15 is 0 Å². The Kier molecular flexibility index (Phi) is 7.41. The summed E-state index contributed by atoms with van der Waals surface area (Å²) in [6, 6.07) is 9.81. The molecule has 2 aromatic heterocycles. The fourth-order valence-electron chi connectivity index (χ4n) is 4.35. The van der Waals surface area contributed by atoms with Crippen molar-refractivity contribution in [3.63, 3.8) is 0 Å². The second-order valence-corrected chi connectivity index (χ2v) is 12.7. The third-order valence-electron chi connectivity index (χ3n) is 6.46. The lowest BCUT2D eigenvalue weighted by molar-refractivity contribution is 0.191. The quantitative estimate of drug-likeness (QED) is 0.381. The first-order valence-corrected chi connectivity index (χ1v) is 14.3. The van der Waals surface area contributed by atoms with Crippen molar-refractivity contribution in [3.05, 3.63) is 69.1 Å². The van der Waals surface area contributed by atoms with E-state index in [9.17, 15) is 8.42 Å². The maximum absolute atomic E-state index is 13.2. The van der Waals surface area contributed by atoms with E-state index in [1.54, 1.807) is 12.1 Å². The van der Waals surface area contributed by atoms with Gasteiger partial charge in [0.1, 0.15) is 4.47 Å². The summed E-state index contributed by atoms with van der Waals surface area (Å²) in [7, 11) is -3.83. The molecule has 0 saturated heterocycles. The Morgan fingerprint density at radius 3 is 2.60 bits per heavy atom. The summed E-state index contributed by atoms with van der Waals surface area (Å²) in [5.41, 5.74) is 4.18. The van der Waals surface area contributed by atoms with Crippen molar-refractivity contribution in [1.29, 1.82) is 0 Å². The minimum Gasteiger partial charge on any atom is -0.357 e. The van der Waals surface area contributed by atoms with Crippen LogP contribution < -0.4 is 4.72 Å². The van der Waals surface area contributed by atoms with Crippen LogP contribution in [0.15, 0.2) is 50.4 Å². The van der Waals surface area contributed by atoms with Gasteiger partial charge in [-0.15, -0.1) is 0 Å². The molecule has 1 aliphatic heterocycles. The number of fused-ring (bicyclic) bond motifs is 1. The number of nitrogens with zero attached hydrogens (tertiary/aromatic N) is 3. The molecule has 0 radical (unpaired) electrons. The van der Waals surface area contributed by atoms with Gasteiger partial charge < -0.3 is 4.52 Å². The minimum atomic E-state index is -3.83. The molecular formula is C26H33BrN4O3S. The Labute approximate surface area is 216 Å². The van der Waals surface area contributed by atoms with Gasteiger partial charge in [0.05, 0.1) is 4.90 Å². The topological polar surface area (TPSA) is 88.3 Å². The molecule has 0 amide bonds. The first-order chi connectivity index (χ1) is 16.5. The number of pyridine rings is 1. The molecule has 3 aromatic rings. The normalized spacial score (nSPS) is 15.6. The SMILES string of the molecule is CCCc1ccc([C@@H](C)N2CCc3ccc(S(=O)(=O)Nc4noc(C(C)(C)C)c4Br)cc3C2)cn1. The second-order valence-electron chi connectivity index (χ2n) is 10.2. The first kappa shape index (κ1) is 25.9. The number of hydrogen-bond acceptors (Lipinski definition) is 6. The summed E-state index contributed by atoms with van der Waals surface area (Å²) in [5, 5.41) is 3.94. The summed E-state index contributed by atoms with van der Waals surface area (Å²) in [6.45, 7) is 11.8. The summed E-state index contributed by atoms with van der Waals surface area (Å²) in [4.78, 5) is 7.19. The molecule has 0 aliphatic carbocycles. The molecular weight excluding hydrogens is 528 g/mol. The predicted molar refractivity (Wildman–Crippen MR) is 141 cm³/mol. The number of hydrogen-bond donors (Lipinski definition) is 1. The summed E-state index contributed by atoms with van der Waals surface area (Å²) in [6.07, 6.45) is 4.91. The van der Waals surface area contributed by atoms with Gasteiger partial charge in [0, 0.05) is 36.4 Å². The lowest BCUT2D eigenvalue weighted by Gasteiger charge is -2.34. The summed E-state index contributed by atoms with van der Waals surface area (Å²) in [5.74, 6) is 0.740. The van der Waals surface area contributed by atoms with Crippen LogP contribution >= 0.6 is 15.9 Å². The van der Waals surface area contributed by atoms with Crippen LogP contribution in [0.3, 0.4) is 0 Å². The second kappa shape index (κ2) is 10.0. The van der Waals surface area contributed by atoms with Crippen LogP contribution in [0, 0.1) is 0 Å². The van der Waals surface area contributed by atoms with Crippen LogP contribution in [-0.2, 0) is 34.8 Å². The molecule has 7 nitrogen and oxygen atoms in total. The van der Waals surface area contributed by atoms with Crippen molar-refractivity contribution < 1.29 is 12.9 Å². The van der Waals surface area contributed by atoms with Crippen molar-refractivity contribution in [1.82, 2.24) is 15.0 Å². The Balaban J connectivity index is 1.53. The van der Waals surface area contributed by atoms with E-state index in [-0.39, 0.29) is 22.2 Å². The lowest BCUT2D eigenvalue weighted by atomic mass is 9.93. The molecule has 0 spiro atoms. The van der Waals surface area contributed by atoms with Gasteiger partial charge in [0.15, 0.2) is 11.6 Å². The van der Waals surface area contributed by atoms with Gasteiger partial charge in [-0.25, -0.2) is 8.42 Å². The molecule has 35 heavy (non-hydrogen) atoms. The molecule has 1 atom stereocenters. The van der Waals surface area contributed by atoms with E-state index in [0.29, 0.717) is 16.8 Å². The third-order valence-corrected chi connectivity index (χ3v) is 8.53. The summed E-state index contributed by atoms with van der Waals surface area (Å²) >= 11 is 3.44. The van der Waals surface area contributed by atoms with Gasteiger partial charge in [-0.05, 0) is 70.6 Å². The Morgan fingerprint density at radius 2 is 1.97 bits per heavy atom. The third kappa shape index (κ3) is 5.62. The average molecular weight is 562 g/mol. The lowest BCUT2D eigenvalue weighted by Crippen LogP contribution is -2.33. The molecule has 1 N–H and O–H groups in total. The Morgan fingerprint density at radius 1 is 1.20 bits per heavy atom. The zero-order valence-corrected chi connectivity index (χ0v) is 23.3. The highest BCUT2D eigenvalue weighted by Crippen LogP contribution is 2.36. The monoisotopic (exact) mass is 560 g/mol. The molecule has 4 rings (SSSR count). The summed E-state index contributed by atoms with van der Waals surface area (Å²) < 4.78 is 34.9. The fourth-order valence-corrected chi connectivity index (χ4v) is 6.37. The van der Waals surface area contributed by atoms with Crippen LogP contribution in [0.5, 0.6) is 0 Å². The van der Waals surface area contributed by atoms with Gasteiger partial charge >= 0.3 is 0 Å². The van der Waals surface area contributed by atoms with E-state index in [1.165, 1.54) is 11.1 Å². The number of aryl methyl sites for hydroxylation is 1. The van der Waals surface area contributed by atoms with Gasteiger partial charge in [0.25, 0.3) is 10.0 Å². The number of sulfonamides is 1. The van der Waals surface area contributed by atoms with Gasteiger partial charge in [-0.3, -0.25) is 14.6 Å². The number of nitrogens with one attached hydrogen (secondary N) is 1. The van der Waals surface area contributed by atoms with Crippen molar-refractivity contribution in [2.75, 3.05) is 11.3 Å². The molecule has 9 heteroatoms. The molecule has 1 aliphatic rings. The van der Waals surface area contributed by atoms with Gasteiger partial charge in [-0.2, -0.15) is 0 Å². The fraction of sp³-hybridized carbons (Fsp3) is 0.462. The van der Waals surface area contributed by atoms with Crippen molar-refractivity contribution in [2.45, 2.75) is 76.8 Å². The van der Waals surface area contributed by atoms with E-state index in [1.807, 2.05) is 33.0 Å². The van der Waals surface area contributed by atoms with Gasteiger partial charge in [-0.1, -0.05) is 51.4 Å². The molecule has 188 valence electrons. The standard InChI is InChI=1S/C26H33BrN4O3S/c1-6-7-21-10-8-19(15-28-21)17(2)31-13-12-18-9-11-22(14-20(18)16-31)35(32,33)30-25-23(27)24(34-29-25)26(3,4)5/h8-11,14-15,17H,6-7,12-13,16H2,1-5H3,(H,29,30)/t17-/m1/s1. The largest absolute Gasteiger partial charge is 0.357 e. The first-order valence-electron chi connectivity index (χ1n) is 12.0. The van der Waals surface area contributed by atoms with Crippen LogP contribution in [0.4, 0.5) is 5.82 Å². The number of rotatable bonds is 7. The number of halogens is 1. The predicted octanol–water partition coefficient (Wildman–Crippen LogP) is 6.00. The zero-order valence-electron chi connectivity index (χ0n) is 20.9. The van der Waals surface area contributed by atoms with Crippen LogP contribution in [0.25, 0.3) is 0 Å². The van der Waals surface area contributed by atoms with E-state index in [0.717, 1.165) is 37.1 Å². The smallest absolute Gasteiger partial charge is 0.263 e. The maximum atomic E-state index is 13.2. The number of anilines is 1. The van der Waals surface area contributed by atoms with Crippen LogP contribution in [-0.4, -0.2) is 30.0 Å². The minimum absolute atomic E-state index is 0.155. The van der Waals surface area contributed by atoms with Crippen molar-refractivity contribution >= 4 is 31.8 Å². The highest BCUT2D eigenvalue weighted by molar-refractivity contribution is 9.10. The van der Waals surface area contributed by atoms with E-state index in [4.69, 9.17) is 4.52 Å². The molecule has 1 aromatic carbocycles. The van der Waals surface area contributed by atoms with E-state index < -0.39 is 10.0 Å². The highest BCUT2D eigenvalue weighted by atomic mass is 79.9. The molecule has 3 heterocycles. The molecule has 0 unspecified atom stereocenters. The zero-order chi connectivity index (χ0) is 25.4. The Hall–Kier alpha value is -2.23. The highest BCUT2D eigenvalue weighted by Gasteiger charge is 2.29. The van der Waals surface area contributed by atoms with E-state index in [2.05, 4.69) is 61.7 Å². The molecule has 0 fully saturated rings. The Bertz CT molecular complexity index is 1300. The molecule has 0 bridgehead atoms. The van der Waals surface area contributed by atoms with Crippen LogP contribution in [0.1, 0.15) is 75.2 Å². The molecule has 0 saturated carbocycles.